The summed E-state index contributed by atoms with van der Waals surface area (Å²) in [6, 6.07) is 17.3. The number of carbonyl (C=O) groups excluding carboxylic acids is 2. The number of ether oxygens (including phenoxy) is 1. The van der Waals surface area contributed by atoms with E-state index < -0.39 is 11.9 Å². The van der Waals surface area contributed by atoms with E-state index in [1.54, 1.807) is 56.6 Å². The van der Waals surface area contributed by atoms with Gasteiger partial charge >= 0.3 is 0 Å². The number of pyridine rings is 1. The Morgan fingerprint density at radius 2 is 1.80 bits per heavy atom. The highest BCUT2D eigenvalue weighted by atomic mass is 16.5. The first-order chi connectivity index (χ1) is 14.4. The van der Waals surface area contributed by atoms with Gasteiger partial charge in [-0.15, -0.1) is 0 Å². The summed E-state index contributed by atoms with van der Waals surface area (Å²) in [5.41, 5.74) is 9.41. The lowest BCUT2D eigenvalue weighted by atomic mass is 10.0. The first-order valence-corrected chi connectivity index (χ1v) is 9.62. The Morgan fingerprint density at radius 3 is 2.43 bits per heavy atom. The van der Waals surface area contributed by atoms with Crippen LogP contribution in [0.2, 0.25) is 0 Å². The van der Waals surface area contributed by atoms with E-state index in [1.165, 1.54) is 4.90 Å². The Hall–Kier alpha value is -3.67. The van der Waals surface area contributed by atoms with Gasteiger partial charge in [0.1, 0.15) is 11.8 Å². The molecule has 6 nitrogen and oxygen atoms in total. The molecular formula is C24H25N3O3. The molecule has 3 aromatic rings. The molecule has 0 saturated heterocycles. The van der Waals surface area contributed by atoms with Crippen LogP contribution >= 0.6 is 0 Å². The molecule has 30 heavy (non-hydrogen) atoms. The number of hydrogen-bond acceptors (Lipinski definition) is 4. The first kappa shape index (κ1) is 21.0. The summed E-state index contributed by atoms with van der Waals surface area (Å²) in [6.45, 7) is 3.98. The van der Waals surface area contributed by atoms with Gasteiger partial charge in [0.2, 0.25) is 5.91 Å². The molecule has 0 fully saturated rings. The van der Waals surface area contributed by atoms with Gasteiger partial charge in [-0.05, 0) is 49.2 Å². The van der Waals surface area contributed by atoms with Crippen molar-refractivity contribution in [1.82, 2.24) is 9.88 Å². The van der Waals surface area contributed by atoms with Crippen LogP contribution in [0.3, 0.4) is 0 Å². The van der Waals surface area contributed by atoms with Crippen molar-refractivity contribution in [3.05, 3.63) is 94.8 Å². The minimum atomic E-state index is -0.964. The lowest BCUT2D eigenvalue weighted by Crippen LogP contribution is -2.41. The summed E-state index contributed by atoms with van der Waals surface area (Å²) >= 11 is 0. The van der Waals surface area contributed by atoms with Crippen LogP contribution < -0.4 is 10.5 Å². The van der Waals surface area contributed by atoms with Crippen molar-refractivity contribution in [2.24, 2.45) is 5.73 Å². The third kappa shape index (κ3) is 4.66. The summed E-state index contributed by atoms with van der Waals surface area (Å²) in [6.07, 6.45) is 1.63. The smallest absolute Gasteiger partial charge is 0.256 e. The molecule has 1 aromatic heterocycles. The lowest BCUT2D eigenvalue weighted by Gasteiger charge is -2.31. The van der Waals surface area contributed by atoms with Crippen molar-refractivity contribution in [1.29, 1.82) is 0 Å². The van der Waals surface area contributed by atoms with Crippen LogP contribution in [0.1, 0.15) is 38.8 Å². The average Bonchev–Trinajstić information content (AvgIpc) is 2.74. The van der Waals surface area contributed by atoms with E-state index in [0.717, 1.165) is 11.1 Å². The Morgan fingerprint density at radius 1 is 1.07 bits per heavy atom. The third-order valence-electron chi connectivity index (χ3n) is 4.96. The van der Waals surface area contributed by atoms with Gasteiger partial charge in [0.05, 0.1) is 12.7 Å². The summed E-state index contributed by atoms with van der Waals surface area (Å²) < 4.78 is 5.29. The number of amides is 2. The molecule has 1 atom stereocenters. The number of benzene rings is 2. The normalized spacial score (nSPS) is 11.6. The molecule has 0 spiro atoms. The van der Waals surface area contributed by atoms with Gasteiger partial charge in [0, 0.05) is 18.4 Å². The molecule has 0 aliphatic carbocycles. The monoisotopic (exact) mass is 403 g/mol. The van der Waals surface area contributed by atoms with Gasteiger partial charge in [0.15, 0.2) is 0 Å². The van der Waals surface area contributed by atoms with Crippen LogP contribution in [0.4, 0.5) is 0 Å². The molecule has 6 heteroatoms. The molecule has 0 aliphatic heterocycles. The maximum absolute atomic E-state index is 13.6. The Bertz CT molecular complexity index is 1050. The topological polar surface area (TPSA) is 85.5 Å². The number of hydrogen-bond donors (Lipinski definition) is 1. The van der Waals surface area contributed by atoms with Gasteiger partial charge in [-0.3, -0.25) is 14.6 Å². The third-order valence-corrected chi connectivity index (χ3v) is 4.96. The standard InChI is InChI=1S/C24H25N3O3/c1-16-9-11-18(12-10-16)15-27(24(29)21-8-5-13-26-17(21)2)22(23(25)28)19-6-4-7-20(14-19)30-3/h4-14,22H,15H2,1-3H3,(H2,25,28)/t22-/m1/s1. The molecule has 1 heterocycles. The molecule has 2 aromatic carbocycles. The van der Waals surface area contributed by atoms with Crippen molar-refractivity contribution >= 4 is 11.8 Å². The second kappa shape index (κ2) is 9.22. The quantitative estimate of drug-likeness (QED) is 0.653. The van der Waals surface area contributed by atoms with E-state index in [9.17, 15) is 9.59 Å². The highest BCUT2D eigenvalue weighted by Crippen LogP contribution is 2.28. The lowest BCUT2D eigenvalue weighted by molar-refractivity contribution is -0.122. The molecule has 0 unspecified atom stereocenters. The largest absolute Gasteiger partial charge is 0.497 e. The van der Waals surface area contributed by atoms with Crippen LogP contribution in [0.15, 0.2) is 66.9 Å². The zero-order valence-electron chi connectivity index (χ0n) is 17.3. The number of nitrogens with two attached hydrogens (primary N) is 1. The van der Waals surface area contributed by atoms with Crippen molar-refractivity contribution in [3.8, 4) is 5.75 Å². The van der Waals surface area contributed by atoms with Crippen LogP contribution in [0.5, 0.6) is 5.75 Å². The molecule has 154 valence electrons. The molecule has 0 radical (unpaired) electrons. The van der Waals surface area contributed by atoms with E-state index in [-0.39, 0.29) is 12.5 Å². The van der Waals surface area contributed by atoms with Crippen LogP contribution in [0, 0.1) is 13.8 Å². The van der Waals surface area contributed by atoms with Gasteiger partial charge in [-0.2, -0.15) is 0 Å². The van der Waals surface area contributed by atoms with Crippen molar-refractivity contribution < 1.29 is 14.3 Å². The van der Waals surface area contributed by atoms with E-state index in [4.69, 9.17) is 10.5 Å². The predicted molar refractivity (Wildman–Crippen MR) is 115 cm³/mol. The van der Waals surface area contributed by atoms with Crippen LogP contribution in [-0.2, 0) is 11.3 Å². The number of carbonyl (C=O) groups is 2. The van der Waals surface area contributed by atoms with Gasteiger partial charge in [-0.25, -0.2) is 0 Å². The minimum Gasteiger partial charge on any atom is -0.497 e. The molecule has 0 aliphatic rings. The minimum absolute atomic E-state index is 0.221. The number of rotatable bonds is 7. The molecule has 0 saturated carbocycles. The fourth-order valence-corrected chi connectivity index (χ4v) is 3.34. The maximum atomic E-state index is 13.6. The van der Waals surface area contributed by atoms with Gasteiger partial charge in [0.25, 0.3) is 5.91 Å². The predicted octanol–water partition coefficient (Wildman–Crippen LogP) is 3.58. The second-order valence-electron chi connectivity index (χ2n) is 7.14. The average molecular weight is 403 g/mol. The van der Waals surface area contributed by atoms with Crippen molar-refractivity contribution in [2.45, 2.75) is 26.4 Å². The molecule has 0 bridgehead atoms. The fourth-order valence-electron chi connectivity index (χ4n) is 3.34. The number of primary amides is 1. The Kier molecular flexibility index (Phi) is 6.47. The summed E-state index contributed by atoms with van der Waals surface area (Å²) in [5, 5.41) is 0. The highest BCUT2D eigenvalue weighted by molar-refractivity contribution is 5.98. The zero-order valence-corrected chi connectivity index (χ0v) is 17.3. The van der Waals surface area contributed by atoms with E-state index in [1.807, 2.05) is 31.2 Å². The fraction of sp³-hybridized carbons (Fsp3) is 0.208. The summed E-state index contributed by atoms with van der Waals surface area (Å²) in [5.74, 6) is -0.350. The highest BCUT2D eigenvalue weighted by Gasteiger charge is 2.31. The van der Waals surface area contributed by atoms with E-state index >= 15 is 0 Å². The summed E-state index contributed by atoms with van der Waals surface area (Å²) in [7, 11) is 1.55. The first-order valence-electron chi connectivity index (χ1n) is 9.62. The van der Waals surface area contributed by atoms with Crippen molar-refractivity contribution in [3.63, 3.8) is 0 Å². The van der Waals surface area contributed by atoms with Gasteiger partial charge in [-0.1, -0.05) is 42.0 Å². The number of aryl methyl sites for hydroxylation is 2. The number of aromatic nitrogens is 1. The van der Waals surface area contributed by atoms with E-state index in [2.05, 4.69) is 4.98 Å². The van der Waals surface area contributed by atoms with Crippen LogP contribution in [0.25, 0.3) is 0 Å². The maximum Gasteiger partial charge on any atom is 0.256 e. The Labute approximate surface area is 176 Å². The Balaban J connectivity index is 2.09. The van der Waals surface area contributed by atoms with Crippen molar-refractivity contribution in [2.75, 3.05) is 7.11 Å². The number of methoxy groups -OCH3 is 1. The zero-order chi connectivity index (χ0) is 21.7. The molecule has 2 amide bonds. The second-order valence-corrected chi connectivity index (χ2v) is 7.14. The molecule has 3 rings (SSSR count). The SMILES string of the molecule is COc1cccc([C@H](C(N)=O)N(Cc2ccc(C)cc2)C(=O)c2cccnc2C)c1. The van der Waals surface area contributed by atoms with Crippen LogP contribution in [-0.4, -0.2) is 28.8 Å². The summed E-state index contributed by atoms with van der Waals surface area (Å²) in [4.78, 5) is 31.8. The molecular weight excluding hydrogens is 378 g/mol. The number of nitrogens with zero attached hydrogens (tertiary/aromatic N) is 2. The molecule has 2 N–H and O–H groups in total. The van der Waals surface area contributed by atoms with E-state index in [0.29, 0.717) is 22.6 Å². The van der Waals surface area contributed by atoms with Gasteiger partial charge < -0.3 is 15.4 Å².